The lowest BCUT2D eigenvalue weighted by molar-refractivity contribution is 0.00578. The van der Waals surface area contributed by atoms with Crippen LogP contribution in [0.5, 0.6) is 0 Å². The minimum absolute atomic E-state index is 0.302. The minimum atomic E-state index is -0.319. The monoisotopic (exact) mass is 450 g/mol. The number of hydrogen-bond donors (Lipinski definition) is 1. The van der Waals surface area contributed by atoms with E-state index in [4.69, 9.17) is 14.0 Å². The summed E-state index contributed by atoms with van der Waals surface area (Å²) in [7, 11) is -0.302. The van der Waals surface area contributed by atoms with Gasteiger partial charge in [-0.25, -0.2) is 0 Å². The van der Waals surface area contributed by atoms with E-state index in [9.17, 15) is 0 Å². The molecule has 0 bridgehead atoms. The zero-order valence-corrected chi connectivity index (χ0v) is 20.1. The number of morpholine rings is 1. The predicted molar refractivity (Wildman–Crippen MR) is 134 cm³/mol. The molecule has 1 N–H and O–H groups in total. The molecule has 1 aromatic heterocycles. The number of hydrogen-bond acceptors (Lipinski definition) is 6. The molecule has 0 radical (unpaired) electrons. The lowest BCUT2D eigenvalue weighted by Crippen LogP contribution is -2.41. The van der Waals surface area contributed by atoms with Gasteiger partial charge in [-0.05, 0) is 81.1 Å². The molecule has 0 spiro atoms. The summed E-state index contributed by atoms with van der Waals surface area (Å²) in [5.74, 6) is 0. The summed E-state index contributed by atoms with van der Waals surface area (Å²) >= 11 is 1.75. The summed E-state index contributed by atoms with van der Waals surface area (Å²) in [5.41, 5.74) is 3.01. The van der Waals surface area contributed by atoms with E-state index in [0.29, 0.717) is 0 Å². The second-order valence-electron chi connectivity index (χ2n) is 9.61. The van der Waals surface area contributed by atoms with Crippen LogP contribution in [0.25, 0.3) is 10.1 Å². The first kappa shape index (κ1) is 21.8. The van der Waals surface area contributed by atoms with Crippen LogP contribution in [0.2, 0.25) is 0 Å². The maximum Gasteiger partial charge on any atom is 0.505 e. The molecule has 2 saturated heterocycles. The molecule has 5 nitrogen and oxygen atoms in total. The fraction of sp³-hybridized carbons (Fsp3) is 0.440. The molecule has 0 unspecified atom stereocenters. The Hall–Kier alpha value is -2.06. The van der Waals surface area contributed by atoms with Gasteiger partial charge in [0.2, 0.25) is 0 Å². The summed E-state index contributed by atoms with van der Waals surface area (Å²) in [6, 6.07) is 17.6. The van der Waals surface area contributed by atoms with Gasteiger partial charge >= 0.3 is 7.12 Å². The fourth-order valence-electron chi connectivity index (χ4n) is 4.11. The molecule has 2 fully saturated rings. The van der Waals surface area contributed by atoms with Crippen LogP contribution in [0.15, 0.2) is 48.5 Å². The summed E-state index contributed by atoms with van der Waals surface area (Å²) in [6.07, 6.45) is 0. The van der Waals surface area contributed by atoms with Crippen LogP contribution in [0.3, 0.4) is 0 Å². The van der Waals surface area contributed by atoms with E-state index < -0.39 is 0 Å². The molecular formula is C25H31BN2O3S. The van der Waals surface area contributed by atoms with E-state index in [0.717, 1.165) is 43.3 Å². The van der Waals surface area contributed by atoms with Gasteiger partial charge < -0.3 is 24.3 Å². The highest BCUT2D eigenvalue weighted by Crippen LogP contribution is 2.37. The summed E-state index contributed by atoms with van der Waals surface area (Å²) < 4.78 is 20.3. The Bertz CT molecular complexity index is 1070. The topological polar surface area (TPSA) is 43.0 Å². The molecule has 7 heteroatoms. The van der Waals surface area contributed by atoms with Gasteiger partial charge in [0.05, 0.1) is 24.4 Å². The van der Waals surface area contributed by atoms with Crippen molar-refractivity contribution in [3.63, 3.8) is 0 Å². The third-order valence-corrected chi connectivity index (χ3v) is 7.96. The van der Waals surface area contributed by atoms with E-state index in [1.807, 2.05) is 0 Å². The van der Waals surface area contributed by atoms with Crippen LogP contribution in [-0.4, -0.2) is 44.6 Å². The fourth-order valence-corrected chi connectivity index (χ4v) is 5.12. The Labute approximate surface area is 194 Å². The number of fused-ring (bicyclic) bond motifs is 1. The summed E-state index contributed by atoms with van der Waals surface area (Å²) in [5, 5.41) is 4.79. The lowest BCUT2D eigenvalue weighted by atomic mass is 9.87. The number of anilines is 2. The normalized spacial score (nSPS) is 20.1. The smallest absolute Gasteiger partial charge is 0.399 e. The summed E-state index contributed by atoms with van der Waals surface area (Å²) in [6.45, 7) is 12.7. The molecular weight excluding hydrogens is 419 g/mol. The Morgan fingerprint density at radius 1 is 0.938 bits per heavy atom. The molecule has 2 aliphatic heterocycles. The van der Waals surface area contributed by atoms with Crippen molar-refractivity contribution in [2.45, 2.75) is 45.4 Å². The summed E-state index contributed by atoms with van der Waals surface area (Å²) in [4.78, 5) is 2.37. The van der Waals surface area contributed by atoms with E-state index in [2.05, 4.69) is 86.4 Å². The molecule has 168 valence electrons. The van der Waals surface area contributed by atoms with Crippen LogP contribution in [-0.2, 0) is 20.6 Å². The van der Waals surface area contributed by atoms with Crippen LogP contribution in [0.1, 0.15) is 33.3 Å². The molecule has 2 aromatic carbocycles. The molecule has 5 rings (SSSR count). The SMILES string of the molecule is CC1(C)OB(c2cc3cc(CNc4ccc(N5CCOCC5)cc4)ccc3s2)OC1(C)C. The van der Waals surface area contributed by atoms with Crippen molar-refractivity contribution in [2.75, 3.05) is 36.5 Å². The standard InChI is InChI=1S/C25H31BN2O3S/c1-24(2)25(3,4)31-26(30-24)23-16-19-15-18(5-10-22(19)32-23)17-27-20-6-8-21(9-7-20)28-11-13-29-14-12-28/h5-10,15-16,27H,11-14,17H2,1-4H3. The van der Waals surface area contributed by atoms with E-state index in [1.165, 1.54) is 21.3 Å². The van der Waals surface area contributed by atoms with Crippen molar-refractivity contribution in [3.05, 3.63) is 54.1 Å². The highest BCUT2D eigenvalue weighted by Gasteiger charge is 2.52. The Balaban J connectivity index is 1.25. The Morgan fingerprint density at radius 3 is 2.31 bits per heavy atom. The maximum atomic E-state index is 6.23. The number of nitrogens with one attached hydrogen (secondary N) is 1. The van der Waals surface area contributed by atoms with Gasteiger partial charge in [-0.1, -0.05) is 6.07 Å². The second-order valence-corrected chi connectivity index (χ2v) is 10.7. The number of thiophene rings is 1. The van der Waals surface area contributed by atoms with Gasteiger partial charge in [-0.15, -0.1) is 11.3 Å². The second kappa shape index (κ2) is 8.38. The van der Waals surface area contributed by atoms with Gasteiger partial charge in [0.25, 0.3) is 0 Å². The first-order valence-corrected chi connectivity index (χ1v) is 12.2. The zero-order valence-electron chi connectivity index (χ0n) is 19.3. The first-order chi connectivity index (χ1) is 15.3. The third-order valence-electron chi connectivity index (χ3n) is 6.83. The van der Waals surface area contributed by atoms with Gasteiger partial charge in [0.15, 0.2) is 0 Å². The van der Waals surface area contributed by atoms with E-state index >= 15 is 0 Å². The molecule has 0 saturated carbocycles. The van der Waals surface area contributed by atoms with E-state index in [-0.39, 0.29) is 18.3 Å². The molecule has 2 aliphatic rings. The Kier molecular flexibility index (Phi) is 5.70. The number of nitrogens with zero attached hydrogens (tertiary/aromatic N) is 1. The quantitative estimate of drug-likeness (QED) is 0.574. The highest BCUT2D eigenvalue weighted by molar-refractivity contribution is 7.28. The highest BCUT2D eigenvalue weighted by atomic mass is 32.1. The largest absolute Gasteiger partial charge is 0.505 e. The van der Waals surface area contributed by atoms with Gasteiger partial charge in [0, 0.05) is 40.5 Å². The van der Waals surface area contributed by atoms with Gasteiger partial charge in [-0.3, -0.25) is 0 Å². The van der Waals surface area contributed by atoms with Crippen molar-refractivity contribution < 1.29 is 14.0 Å². The van der Waals surface area contributed by atoms with Crippen molar-refractivity contribution in [1.29, 1.82) is 0 Å². The molecule has 3 heterocycles. The lowest BCUT2D eigenvalue weighted by Gasteiger charge is -2.32. The predicted octanol–water partition coefficient (Wildman–Crippen LogP) is 4.65. The molecule has 0 atom stereocenters. The Morgan fingerprint density at radius 2 is 1.62 bits per heavy atom. The van der Waals surface area contributed by atoms with Gasteiger partial charge in [-0.2, -0.15) is 0 Å². The number of benzene rings is 2. The van der Waals surface area contributed by atoms with Crippen molar-refractivity contribution in [2.24, 2.45) is 0 Å². The van der Waals surface area contributed by atoms with Crippen molar-refractivity contribution in [1.82, 2.24) is 0 Å². The van der Waals surface area contributed by atoms with Crippen LogP contribution in [0.4, 0.5) is 11.4 Å². The van der Waals surface area contributed by atoms with Crippen LogP contribution in [0, 0.1) is 0 Å². The molecule has 3 aromatic rings. The van der Waals surface area contributed by atoms with Gasteiger partial charge in [0.1, 0.15) is 0 Å². The zero-order chi connectivity index (χ0) is 22.3. The molecule has 32 heavy (non-hydrogen) atoms. The van der Waals surface area contributed by atoms with Crippen molar-refractivity contribution >= 4 is 44.7 Å². The average Bonchev–Trinajstić information content (AvgIpc) is 3.30. The minimum Gasteiger partial charge on any atom is -0.399 e. The number of rotatable bonds is 5. The maximum absolute atomic E-state index is 6.23. The van der Waals surface area contributed by atoms with E-state index in [1.54, 1.807) is 11.3 Å². The van der Waals surface area contributed by atoms with Crippen LogP contribution >= 0.6 is 11.3 Å². The molecule has 0 amide bonds. The van der Waals surface area contributed by atoms with Crippen molar-refractivity contribution in [3.8, 4) is 0 Å². The number of ether oxygens (including phenoxy) is 1. The third kappa shape index (κ3) is 4.27. The molecule has 0 aliphatic carbocycles. The first-order valence-electron chi connectivity index (χ1n) is 11.4. The average molecular weight is 450 g/mol. The van der Waals surface area contributed by atoms with Crippen LogP contribution < -0.4 is 15.0 Å².